The first kappa shape index (κ1) is 11.7. The number of anilines is 1. The van der Waals surface area contributed by atoms with Gasteiger partial charge in [0.15, 0.2) is 5.76 Å². The van der Waals surface area contributed by atoms with Crippen LogP contribution in [0.5, 0.6) is 0 Å². The highest BCUT2D eigenvalue weighted by molar-refractivity contribution is 6.16. The third kappa shape index (κ3) is 2.68. The van der Waals surface area contributed by atoms with Crippen molar-refractivity contribution in [2.24, 2.45) is 0 Å². The fourth-order valence-electron chi connectivity index (χ4n) is 1.47. The molecule has 0 radical (unpaired) electrons. The summed E-state index contributed by atoms with van der Waals surface area (Å²) in [6.45, 7) is 1.93. The number of carbonyl (C=O) groups is 1. The first-order valence-corrected chi connectivity index (χ1v) is 5.76. The Morgan fingerprint density at radius 3 is 2.71 bits per heavy atom. The molecule has 2 rings (SSSR count). The topological polar surface area (TPSA) is 42.2 Å². The predicted octanol–water partition coefficient (Wildman–Crippen LogP) is 3.58. The molecule has 1 heterocycles. The first-order chi connectivity index (χ1) is 8.20. The van der Waals surface area contributed by atoms with Crippen molar-refractivity contribution in [2.45, 2.75) is 12.8 Å². The van der Waals surface area contributed by atoms with Gasteiger partial charge in [0.25, 0.3) is 5.91 Å². The Bertz CT molecular complexity index is 534. The van der Waals surface area contributed by atoms with Crippen LogP contribution >= 0.6 is 11.6 Å². The normalized spacial score (nSPS) is 10.2. The molecular formula is C13H12ClNO2. The molecule has 1 aromatic carbocycles. The van der Waals surface area contributed by atoms with E-state index in [1.807, 2.05) is 31.2 Å². The Hall–Kier alpha value is -1.74. The molecule has 0 bridgehead atoms. The molecular weight excluding hydrogens is 238 g/mol. The molecule has 88 valence electrons. The zero-order valence-electron chi connectivity index (χ0n) is 9.37. The minimum Gasteiger partial charge on any atom is -0.455 e. The van der Waals surface area contributed by atoms with Crippen LogP contribution in [0.3, 0.4) is 0 Å². The molecule has 1 amide bonds. The molecule has 0 aliphatic carbocycles. The lowest BCUT2D eigenvalue weighted by Crippen LogP contribution is -2.11. The van der Waals surface area contributed by atoms with Crippen molar-refractivity contribution in [3.8, 4) is 0 Å². The third-order valence-corrected chi connectivity index (χ3v) is 2.67. The highest BCUT2D eigenvalue weighted by Gasteiger charge is 2.11. The van der Waals surface area contributed by atoms with E-state index < -0.39 is 0 Å². The van der Waals surface area contributed by atoms with Crippen molar-refractivity contribution in [3.05, 3.63) is 53.5 Å². The van der Waals surface area contributed by atoms with Crippen molar-refractivity contribution in [1.82, 2.24) is 0 Å². The van der Waals surface area contributed by atoms with Gasteiger partial charge in [-0.2, -0.15) is 0 Å². The summed E-state index contributed by atoms with van der Waals surface area (Å²) in [5, 5.41) is 2.79. The van der Waals surface area contributed by atoms with Gasteiger partial charge in [0.1, 0.15) is 5.76 Å². The van der Waals surface area contributed by atoms with Gasteiger partial charge in [0.2, 0.25) is 0 Å². The summed E-state index contributed by atoms with van der Waals surface area (Å²) in [6, 6.07) is 10.9. The van der Waals surface area contributed by atoms with Crippen LogP contribution in [0.1, 0.15) is 21.9 Å². The molecule has 1 aromatic heterocycles. The van der Waals surface area contributed by atoms with Crippen molar-refractivity contribution in [1.29, 1.82) is 0 Å². The third-order valence-electron chi connectivity index (χ3n) is 2.41. The van der Waals surface area contributed by atoms with Crippen LogP contribution in [0.15, 0.2) is 40.8 Å². The maximum absolute atomic E-state index is 11.8. The lowest BCUT2D eigenvalue weighted by molar-refractivity contribution is 0.0995. The standard InChI is InChI=1S/C13H12ClNO2/c1-9-4-2-3-5-11(9)15-13(16)12-7-6-10(8-14)17-12/h2-7H,8H2,1H3,(H,15,16). The van der Waals surface area contributed by atoms with Gasteiger partial charge >= 0.3 is 0 Å². The highest BCUT2D eigenvalue weighted by Crippen LogP contribution is 2.16. The van der Waals surface area contributed by atoms with E-state index in [9.17, 15) is 4.79 Å². The number of furan rings is 1. The van der Waals surface area contributed by atoms with E-state index in [1.54, 1.807) is 12.1 Å². The Labute approximate surface area is 104 Å². The van der Waals surface area contributed by atoms with Crippen molar-refractivity contribution >= 4 is 23.2 Å². The summed E-state index contributed by atoms with van der Waals surface area (Å²) in [7, 11) is 0. The number of amides is 1. The van der Waals surface area contributed by atoms with Crippen molar-refractivity contribution in [2.75, 3.05) is 5.32 Å². The minimum atomic E-state index is -0.268. The molecule has 0 aliphatic rings. The first-order valence-electron chi connectivity index (χ1n) is 5.22. The average molecular weight is 250 g/mol. The second kappa shape index (κ2) is 5.06. The zero-order chi connectivity index (χ0) is 12.3. The number of rotatable bonds is 3. The minimum absolute atomic E-state index is 0.262. The van der Waals surface area contributed by atoms with Gasteiger partial charge in [-0.25, -0.2) is 0 Å². The SMILES string of the molecule is Cc1ccccc1NC(=O)c1ccc(CCl)o1. The Morgan fingerprint density at radius 1 is 1.29 bits per heavy atom. The van der Waals surface area contributed by atoms with Gasteiger partial charge in [-0.15, -0.1) is 11.6 Å². The van der Waals surface area contributed by atoms with Crippen molar-refractivity contribution < 1.29 is 9.21 Å². The largest absolute Gasteiger partial charge is 0.455 e. The van der Waals surface area contributed by atoms with E-state index in [1.165, 1.54) is 0 Å². The van der Waals surface area contributed by atoms with E-state index in [0.29, 0.717) is 5.76 Å². The quantitative estimate of drug-likeness (QED) is 0.845. The number of halogens is 1. The molecule has 0 aliphatic heterocycles. The van der Waals surface area contributed by atoms with Crippen LogP contribution in [0.2, 0.25) is 0 Å². The van der Waals surface area contributed by atoms with Crippen LogP contribution < -0.4 is 5.32 Å². The Morgan fingerprint density at radius 2 is 2.06 bits per heavy atom. The number of nitrogens with one attached hydrogen (secondary N) is 1. The molecule has 0 spiro atoms. The van der Waals surface area contributed by atoms with E-state index >= 15 is 0 Å². The van der Waals surface area contributed by atoms with E-state index in [4.69, 9.17) is 16.0 Å². The molecule has 0 atom stereocenters. The lowest BCUT2D eigenvalue weighted by atomic mass is 10.2. The van der Waals surface area contributed by atoms with Gasteiger partial charge in [-0.05, 0) is 30.7 Å². The van der Waals surface area contributed by atoms with Gasteiger partial charge < -0.3 is 9.73 Å². The second-order valence-corrected chi connectivity index (χ2v) is 3.94. The fraction of sp³-hybridized carbons (Fsp3) is 0.154. The van der Waals surface area contributed by atoms with Gasteiger partial charge in [0, 0.05) is 5.69 Å². The Balaban J connectivity index is 2.14. The summed E-state index contributed by atoms with van der Waals surface area (Å²) in [6.07, 6.45) is 0. The second-order valence-electron chi connectivity index (χ2n) is 3.67. The number of hydrogen-bond acceptors (Lipinski definition) is 2. The van der Waals surface area contributed by atoms with Gasteiger partial charge in [-0.1, -0.05) is 18.2 Å². The maximum atomic E-state index is 11.8. The van der Waals surface area contributed by atoms with Crippen LogP contribution in [-0.2, 0) is 5.88 Å². The molecule has 0 unspecified atom stereocenters. The number of hydrogen-bond donors (Lipinski definition) is 1. The summed E-state index contributed by atoms with van der Waals surface area (Å²) in [4.78, 5) is 11.8. The number of aryl methyl sites for hydroxylation is 1. The zero-order valence-corrected chi connectivity index (χ0v) is 10.1. The van der Waals surface area contributed by atoms with Crippen LogP contribution in [0.25, 0.3) is 0 Å². The maximum Gasteiger partial charge on any atom is 0.291 e. The molecule has 4 heteroatoms. The predicted molar refractivity (Wildman–Crippen MR) is 67.4 cm³/mol. The molecule has 17 heavy (non-hydrogen) atoms. The van der Waals surface area contributed by atoms with Gasteiger partial charge in [0.05, 0.1) is 5.88 Å². The molecule has 2 aromatic rings. The van der Waals surface area contributed by atoms with Crippen LogP contribution in [-0.4, -0.2) is 5.91 Å². The van der Waals surface area contributed by atoms with Crippen molar-refractivity contribution in [3.63, 3.8) is 0 Å². The Kier molecular flexibility index (Phi) is 3.49. The molecule has 0 fully saturated rings. The van der Waals surface area contributed by atoms with E-state index in [0.717, 1.165) is 11.3 Å². The average Bonchev–Trinajstić information content (AvgIpc) is 2.81. The molecule has 1 N–H and O–H groups in total. The highest BCUT2D eigenvalue weighted by atomic mass is 35.5. The summed E-state index contributed by atoms with van der Waals surface area (Å²) in [5.74, 6) is 0.846. The molecule has 0 saturated heterocycles. The number of carbonyl (C=O) groups excluding carboxylic acids is 1. The smallest absolute Gasteiger partial charge is 0.291 e. The summed E-state index contributed by atoms with van der Waals surface area (Å²) >= 11 is 5.60. The van der Waals surface area contributed by atoms with E-state index in [-0.39, 0.29) is 17.5 Å². The fourth-order valence-corrected chi connectivity index (χ4v) is 1.61. The van der Waals surface area contributed by atoms with Crippen LogP contribution in [0, 0.1) is 6.92 Å². The summed E-state index contributed by atoms with van der Waals surface area (Å²) in [5.41, 5.74) is 1.78. The van der Waals surface area contributed by atoms with E-state index in [2.05, 4.69) is 5.32 Å². The monoisotopic (exact) mass is 249 g/mol. The molecule has 3 nitrogen and oxygen atoms in total. The number of benzene rings is 1. The van der Waals surface area contributed by atoms with Gasteiger partial charge in [-0.3, -0.25) is 4.79 Å². The number of alkyl halides is 1. The number of para-hydroxylation sites is 1. The lowest BCUT2D eigenvalue weighted by Gasteiger charge is -2.05. The molecule has 0 saturated carbocycles. The van der Waals surface area contributed by atoms with Crippen LogP contribution in [0.4, 0.5) is 5.69 Å². The summed E-state index contributed by atoms with van der Waals surface area (Å²) < 4.78 is 5.26.